The van der Waals surface area contributed by atoms with E-state index in [1.165, 1.54) is 0 Å². The number of aromatic nitrogens is 7. The summed E-state index contributed by atoms with van der Waals surface area (Å²) in [7, 11) is 0. The van der Waals surface area contributed by atoms with Crippen LogP contribution < -0.4 is 0 Å². The topological polar surface area (TPSA) is 96.0 Å². The Morgan fingerprint density at radius 2 is 0.452 bits per heavy atom. The molecule has 2 N–H and O–H groups in total. The predicted molar refractivity (Wildman–Crippen MR) is 172 cm³/mol. The second-order valence-corrected chi connectivity index (χ2v) is 10.2. The van der Waals surface area contributed by atoms with Gasteiger partial charge in [-0.1, -0.05) is 0 Å². The van der Waals surface area contributed by atoms with Crippen molar-refractivity contribution in [3.8, 4) is 0 Å². The first kappa shape index (κ1) is 23.9. The average molecular weight is 542 g/mol. The van der Waals surface area contributed by atoms with Crippen LogP contribution >= 0.6 is 0 Å². The molecule has 0 aromatic carbocycles. The lowest BCUT2D eigenvalue weighted by Crippen LogP contribution is -1.79. The Bertz CT molecular complexity index is 2050. The summed E-state index contributed by atoms with van der Waals surface area (Å²) in [4.78, 5) is 30.6. The fourth-order valence-electron chi connectivity index (χ4n) is 5.06. The Balaban J connectivity index is 1.28. The Hall–Kier alpha value is -5.95. The molecule has 5 aliphatic heterocycles. The van der Waals surface area contributed by atoms with Crippen molar-refractivity contribution < 1.29 is 0 Å². The molecule has 3 aromatic rings. The maximum atomic E-state index is 4.76. The van der Waals surface area contributed by atoms with Crippen molar-refractivity contribution in [1.29, 1.82) is 0 Å². The minimum atomic E-state index is 0.852. The van der Waals surface area contributed by atoms with Gasteiger partial charge < -0.3 is 9.97 Å². The van der Waals surface area contributed by atoms with Crippen molar-refractivity contribution in [3.63, 3.8) is 0 Å². The molecule has 8 heterocycles. The van der Waals surface area contributed by atoms with Crippen LogP contribution in [-0.4, -0.2) is 34.9 Å². The highest BCUT2D eigenvalue weighted by molar-refractivity contribution is 5.79. The first-order valence-corrected chi connectivity index (χ1v) is 13.7. The van der Waals surface area contributed by atoms with E-state index in [1.54, 1.807) is 0 Å². The van der Waals surface area contributed by atoms with Crippen LogP contribution in [0.5, 0.6) is 0 Å². The molecule has 8 rings (SSSR count). The molecule has 7 nitrogen and oxygen atoms in total. The SMILES string of the molecule is C1=Cc2cc3nc(cc4ccc(cc5nc(cc6ccc(cc7nc(cc8nc(cc1n2)C=C8)C=C7)[nH]6)C=C5)[nH]4)C=C3. The van der Waals surface area contributed by atoms with Crippen LogP contribution in [0, 0.1) is 0 Å². The highest BCUT2D eigenvalue weighted by Crippen LogP contribution is 2.19. The van der Waals surface area contributed by atoms with Crippen molar-refractivity contribution in [2.75, 3.05) is 0 Å². The summed E-state index contributed by atoms with van der Waals surface area (Å²) in [5.41, 5.74) is 12.6. The van der Waals surface area contributed by atoms with E-state index in [0.29, 0.717) is 0 Å². The summed E-state index contributed by atoms with van der Waals surface area (Å²) < 4.78 is 0. The molecule has 0 atom stereocenters. The van der Waals surface area contributed by atoms with Gasteiger partial charge >= 0.3 is 0 Å². The van der Waals surface area contributed by atoms with Crippen molar-refractivity contribution in [2.24, 2.45) is 0 Å². The summed E-state index contributed by atoms with van der Waals surface area (Å²) in [6, 6.07) is 22.2. The zero-order valence-electron chi connectivity index (χ0n) is 22.4. The van der Waals surface area contributed by atoms with Gasteiger partial charge in [0, 0.05) is 22.1 Å². The number of fused-ring (bicyclic) bond motifs is 14. The maximum absolute atomic E-state index is 4.76. The summed E-state index contributed by atoms with van der Waals surface area (Å²) in [6.07, 6.45) is 20.0. The highest BCUT2D eigenvalue weighted by Gasteiger charge is 2.05. The smallest absolute Gasteiger partial charge is 0.0659 e. The first-order chi connectivity index (χ1) is 20.6. The van der Waals surface area contributed by atoms with Crippen molar-refractivity contribution in [3.05, 3.63) is 124 Å². The van der Waals surface area contributed by atoms with Crippen molar-refractivity contribution in [2.45, 2.75) is 0 Å². The number of nitrogens with one attached hydrogen (secondary N) is 2. The van der Waals surface area contributed by atoms with Crippen molar-refractivity contribution in [1.82, 2.24) is 34.9 Å². The predicted octanol–water partition coefficient (Wildman–Crippen LogP) is 7.67. The zero-order valence-corrected chi connectivity index (χ0v) is 22.4. The molecule has 0 radical (unpaired) electrons. The van der Waals surface area contributed by atoms with Crippen LogP contribution in [0.3, 0.4) is 0 Å². The van der Waals surface area contributed by atoms with Crippen molar-refractivity contribution >= 4 is 82.8 Å². The summed E-state index contributed by atoms with van der Waals surface area (Å²) >= 11 is 0. The molecule has 0 saturated carbocycles. The standard InChI is InChI=1S/C35H23N7/c1-2-23-16-25-5-6-27(38-25)18-29-9-10-31(40-29)20-33-13-14-35(42-33)21-34-12-11-32(41-34)19-30-8-7-28(39-30)17-26-4-3-24(37-26)15-22(1)36-23/h1-21,36,39H. The lowest BCUT2D eigenvalue weighted by molar-refractivity contribution is 1.25. The molecule has 5 aliphatic rings. The molecule has 0 fully saturated rings. The highest BCUT2D eigenvalue weighted by atomic mass is 14.8. The Morgan fingerprint density at radius 1 is 0.262 bits per heavy atom. The largest absolute Gasteiger partial charge is 0.355 e. The van der Waals surface area contributed by atoms with Gasteiger partial charge in [-0.3, -0.25) is 0 Å². The van der Waals surface area contributed by atoms with Gasteiger partial charge in [-0.25, -0.2) is 24.9 Å². The number of H-pyrrole nitrogens is 2. The number of rotatable bonds is 0. The molecule has 14 bridgehead atoms. The molecule has 3 aromatic heterocycles. The van der Waals surface area contributed by atoms with Crippen LogP contribution in [0.15, 0.2) is 66.7 Å². The first-order valence-electron chi connectivity index (χ1n) is 13.7. The molecule has 0 amide bonds. The van der Waals surface area contributed by atoms with Gasteiger partial charge in [0.2, 0.25) is 0 Å². The molecular weight excluding hydrogens is 518 g/mol. The van der Waals surface area contributed by atoms with Gasteiger partial charge in [0.1, 0.15) is 0 Å². The maximum Gasteiger partial charge on any atom is 0.0659 e. The van der Waals surface area contributed by atoms with Crippen LogP contribution in [0.4, 0.5) is 0 Å². The van der Waals surface area contributed by atoms with Gasteiger partial charge in [0.25, 0.3) is 0 Å². The van der Waals surface area contributed by atoms with Gasteiger partial charge in [0.05, 0.1) is 56.9 Å². The van der Waals surface area contributed by atoms with E-state index in [1.807, 2.05) is 127 Å². The average Bonchev–Trinajstić information content (AvgIpc) is 3.80. The summed E-state index contributed by atoms with van der Waals surface area (Å²) in [6.45, 7) is 0. The van der Waals surface area contributed by atoms with Gasteiger partial charge in [-0.05, 0) is 127 Å². The Kier molecular flexibility index (Phi) is 5.64. The summed E-state index contributed by atoms with van der Waals surface area (Å²) in [5.74, 6) is 0. The fourth-order valence-corrected chi connectivity index (χ4v) is 5.06. The molecule has 0 spiro atoms. The van der Waals surface area contributed by atoms with E-state index in [0.717, 1.165) is 79.0 Å². The lowest BCUT2D eigenvalue weighted by atomic mass is 10.3. The number of hydrogen-bond acceptors (Lipinski definition) is 5. The van der Waals surface area contributed by atoms with E-state index in [4.69, 9.17) is 24.9 Å². The normalized spacial score (nSPS) is 13.2. The zero-order chi connectivity index (χ0) is 27.9. The molecule has 7 heteroatoms. The van der Waals surface area contributed by atoms with E-state index in [2.05, 4.69) is 9.97 Å². The van der Waals surface area contributed by atoms with Gasteiger partial charge in [-0.2, -0.15) is 0 Å². The monoisotopic (exact) mass is 541 g/mol. The minimum Gasteiger partial charge on any atom is -0.355 e. The second kappa shape index (κ2) is 9.91. The summed E-state index contributed by atoms with van der Waals surface area (Å²) in [5, 5.41) is 0. The fraction of sp³-hybridized carbons (Fsp3) is 0. The molecule has 0 saturated heterocycles. The minimum absolute atomic E-state index is 0.852. The third-order valence-electron chi connectivity index (χ3n) is 6.98. The second-order valence-electron chi connectivity index (χ2n) is 10.2. The van der Waals surface area contributed by atoms with E-state index >= 15 is 0 Å². The van der Waals surface area contributed by atoms with Crippen LogP contribution in [-0.2, 0) is 0 Å². The molecule has 0 unspecified atom stereocenters. The van der Waals surface area contributed by atoms with Gasteiger partial charge in [-0.15, -0.1) is 0 Å². The third-order valence-corrected chi connectivity index (χ3v) is 6.98. The molecule has 42 heavy (non-hydrogen) atoms. The van der Waals surface area contributed by atoms with E-state index in [9.17, 15) is 0 Å². The Labute approximate surface area is 241 Å². The lowest BCUT2D eigenvalue weighted by Gasteiger charge is -1.86. The van der Waals surface area contributed by atoms with Crippen LogP contribution in [0.2, 0.25) is 0 Å². The Morgan fingerprint density at radius 3 is 0.667 bits per heavy atom. The number of aromatic amines is 2. The number of nitrogens with zero attached hydrogens (tertiary/aromatic N) is 5. The van der Waals surface area contributed by atoms with Crippen LogP contribution in [0.25, 0.3) is 82.8 Å². The van der Waals surface area contributed by atoms with E-state index in [-0.39, 0.29) is 0 Å². The van der Waals surface area contributed by atoms with Gasteiger partial charge in [0.15, 0.2) is 0 Å². The number of hydrogen-bond donors (Lipinski definition) is 2. The molecule has 198 valence electrons. The molecule has 0 aliphatic carbocycles. The molecular formula is C35H23N7. The van der Waals surface area contributed by atoms with Crippen LogP contribution in [0.1, 0.15) is 56.9 Å². The quantitative estimate of drug-likeness (QED) is 0.205. The third kappa shape index (κ3) is 5.14. The van der Waals surface area contributed by atoms with E-state index < -0.39 is 0 Å².